The fourth-order valence-corrected chi connectivity index (χ4v) is 4.16. The first kappa shape index (κ1) is 15.0. The highest BCUT2D eigenvalue weighted by molar-refractivity contribution is 5.78. The molecule has 1 unspecified atom stereocenters. The van der Waals surface area contributed by atoms with Gasteiger partial charge < -0.3 is 14.4 Å². The van der Waals surface area contributed by atoms with Gasteiger partial charge in [-0.2, -0.15) is 0 Å². The molecule has 4 rings (SSSR count). The highest BCUT2D eigenvalue weighted by atomic mass is 16.5. The highest BCUT2D eigenvalue weighted by Gasteiger charge is 2.42. The standard InChI is InChI=1S/C19H25NO3/c21-18(20-9-7-19(13-20)8-10-22-14-19)12-23-17-6-5-15-3-1-2-4-16(15)11-17/h5-6,11H,1-4,7-10,12-14H2. The van der Waals surface area contributed by atoms with Gasteiger partial charge in [0.25, 0.3) is 5.91 Å². The molecule has 1 amide bonds. The lowest BCUT2D eigenvalue weighted by Gasteiger charge is -2.22. The van der Waals surface area contributed by atoms with Crippen LogP contribution in [-0.4, -0.2) is 43.7 Å². The van der Waals surface area contributed by atoms with E-state index in [2.05, 4.69) is 12.1 Å². The number of carbonyl (C=O) groups is 1. The van der Waals surface area contributed by atoms with Crippen LogP contribution in [-0.2, 0) is 22.4 Å². The van der Waals surface area contributed by atoms with Gasteiger partial charge in [-0.25, -0.2) is 0 Å². The second-order valence-electron chi connectivity index (χ2n) is 7.29. The van der Waals surface area contributed by atoms with Crippen LogP contribution in [0.4, 0.5) is 0 Å². The number of benzene rings is 1. The average molecular weight is 315 g/mol. The molecular formula is C19H25NO3. The summed E-state index contributed by atoms with van der Waals surface area (Å²) in [7, 11) is 0. The van der Waals surface area contributed by atoms with E-state index in [0.717, 1.165) is 51.3 Å². The van der Waals surface area contributed by atoms with Crippen molar-refractivity contribution in [2.45, 2.75) is 38.5 Å². The van der Waals surface area contributed by atoms with Gasteiger partial charge in [-0.05, 0) is 61.8 Å². The Morgan fingerprint density at radius 3 is 2.91 bits per heavy atom. The summed E-state index contributed by atoms with van der Waals surface area (Å²) in [4.78, 5) is 14.4. The fourth-order valence-electron chi connectivity index (χ4n) is 4.16. The van der Waals surface area contributed by atoms with E-state index < -0.39 is 0 Å². The number of hydrogen-bond donors (Lipinski definition) is 0. The third-order valence-corrected chi connectivity index (χ3v) is 5.66. The minimum absolute atomic E-state index is 0.103. The van der Waals surface area contributed by atoms with E-state index in [4.69, 9.17) is 9.47 Å². The Bertz CT molecular complexity index is 592. The normalized spacial score (nSPS) is 26.5. The first-order chi connectivity index (χ1) is 11.2. The number of rotatable bonds is 3. The average Bonchev–Trinajstić information content (AvgIpc) is 3.23. The second kappa shape index (κ2) is 6.16. The lowest BCUT2D eigenvalue weighted by Crippen LogP contribution is -2.35. The van der Waals surface area contributed by atoms with Crippen LogP contribution in [0.25, 0.3) is 0 Å². The quantitative estimate of drug-likeness (QED) is 0.860. The van der Waals surface area contributed by atoms with Crippen LogP contribution >= 0.6 is 0 Å². The molecule has 2 fully saturated rings. The van der Waals surface area contributed by atoms with Gasteiger partial charge in [0.1, 0.15) is 5.75 Å². The van der Waals surface area contributed by atoms with Crippen LogP contribution < -0.4 is 4.74 Å². The van der Waals surface area contributed by atoms with Crippen molar-refractivity contribution in [3.05, 3.63) is 29.3 Å². The number of ether oxygens (including phenoxy) is 2. The van der Waals surface area contributed by atoms with Gasteiger partial charge in [0.05, 0.1) is 6.61 Å². The molecule has 2 heterocycles. The summed E-state index contributed by atoms with van der Waals surface area (Å²) >= 11 is 0. The van der Waals surface area contributed by atoms with Crippen molar-refractivity contribution in [1.29, 1.82) is 0 Å². The molecule has 0 aromatic heterocycles. The zero-order chi connectivity index (χ0) is 15.7. The molecule has 0 bridgehead atoms. The fraction of sp³-hybridized carbons (Fsp3) is 0.632. The van der Waals surface area contributed by atoms with Crippen molar-refractivity contribution in [3.8, 4) is 5.75 Å². The minimum atomic E-state index is 0.103. The van der Waals surface area contributed by atoms with Gasteiger partial charge >= 0.3 is 0 Å². The topological polar surface area (TPSA) is 38.8 Å². The number of hydrogen-bond acceptors (Lipinski definition) is 3. The summed E-state index contributed by atoms with van der Waals surface area (Å²) < 4.78 is 11.3. The molecule has 1 aromatic carbocycles. The van der Waals surface area contributed by atoms with Crippen LogP contribution in [0, 0.1) is 5.41 Å². The van der Waals surface area contributed by atoms with E-state index in [0.29, 0.717) is 0 Å². The first-order valence-electron chi connectivity index (χ1n) is 8.84. The molecule has 1 aromatic rings. The maximum absolute atomic E-state index is 12.4. The molecule has 1 spiro atoms. The third-order valence-electron chi connectivity index (χ3n) is 5.66. The van der Waals surface area contributed by atoms with Crippen molar-refractivity contribution in [2.24, 2.45) is 5.41 Å². The van der Waals surface area contributed by atoms with Crippen LogP contribution in [0.2, 0.25) is 0 Å². The zero-order valence-corrected chi connectivity index (χ0v) is 13.7. The van der Waals surface area contributed by atoms with Crippen molar-refractivity contribution < 1.29 is 14.3 Å². The molecule has 23 heavy (non-hydrogen) atoms. The molecule has 1 aliphatic carbocycles. The van der Waals surface area contributed by atoms with Gasteiger partial charge in [0, 0.05) is 25.1 Å². The minimum Gasteiger partial charge on any atom is -0.484 e. The smallest absolute Gasteiger partial charge is 0.260 e. The van der Waals surface area contributed by atoms with E-state index in [9.17, 15) is 4.79 Å². The molecule has 2 aliphatic heterocycles. The predicted octanol–water partition coefficient (Wildman–Crippen LogP) is 2.58. The number of fused-ring (bicyclic) bond motifs is 1. The van der Waals surface area contributed by atoms with Gasteiger partial charge in [0.15, 0.2) is 6.61 Å². The van der Waals surface area contributed by atoms with E-state index in [1.54, 1.807) is 0 Å². The predicted molar refractivity (Wildman–Crippen MR) is 87.6 cm³/mol. The molecule has 4 heteroatoms. The van der Waals surface area contributed by atoms with Crippen molar-refractivity contribution in [2.75, 3.05) is 32.9 Å². The van der Waals surface area contributed by atoms with Crippen molar-refractivity contribution >= 4 is 5.91 Å². The van der Waals surface area contributed by atoms with Crippen LogP contribution in [0.3, 0.4) is 0 Å². The van der Waals surface area contributed by atoms with Crippen LogP contribution in [0.5, 0.6) is 5.75 Å². The Balaban J connectivity index is 1.33. The Labute approximate surface area is 137 Å². The number of nitrogens with zero attached hydrogens (tertiary/aromatic N) is 1. The number of amides is 1. The molecule has 1 atom stereocenters. The lowest BCUT2D eigenvalue weighted by atomic mass is 9.87. The van der Waals surface area contributed by atoms with Gasteiger partial charge in [-0.1, -0.05) is 6.07 Å². The SMILES string of the molecule is O=C(COc1ccc2c(c1)CCCC2)N1CCC2(CCOC2)C1. The number of likely N-dealkylation sites (tertiary alicyclic amines) is 1. The summed E-state index contributed by atoms with van der Waals surface area (Å²) in [5.74, 6) is 0.934. The number of carbonyl (C=O) groups excluding carboxylic acids is 1. The number of aryl methyl sites for hydroxylation is 2. The first-order valence-corrected chi connectivity index (χ1v) is 8.84. The third kappa shape index (κ3) is 3.09. The van der Waals surface area contributed by atoms with E-state index in [1.807, 2.05) is 11.0 Å². The van der Waals surface area contributed by atoms with E-state index >= 15 is 0 Å². The van der Waals surface area contributed by atoms with Crippen LogP contribution in [0.1, 0.15) is 36.8 Å². The van der Waals surface area contributed by atoms with Crippen molar-refractivity contribution in [1.82, 2.24) is 4.90 Å². The summed E-state index contributed by atoms with van der Waals surface area (Å²) in [6.07, 6.45) is 7.00. The second-order valence-corrected chi connectivity index (χ2v) is 7.29. The molecule has 0 saturated carbocycles. The van der Waals surface area contributed by atoms with Crippen molar-refractivity contribution in [3.63, 3.8) is 0 Å². The lowest BCUT2D eigenvalue weighted by molar-refractivity contribution is -0.132. The maximum Gasteiger partial charge on any atom is 0.260 e. The molecular weight excluding hydrogens is 290 g/mol. The summed E-state index contributed by atoms with van der Waals surface area (Å²) in [6, 6.07) is 6.29. The molecule has 3 aliphatic rings. The monoisotopic (exact) mass is 315 g/mol. The largest absolute Gasteiger partial charge is 0.484 e. The highest BCUT2D eigenvalue weighted by Crippen LogP contribution is 2.38. The van der Waals surface area contributed by atoms with Crippen LogP contribution in [0.15, 0.2) is 18.2 Å². The summed E-state index contributed by atoms with van der Waals surface area (Å²) in [5.41, 5.74) is 3.06. The Kier molecular flexibility index (Phi) is 4.02. The van der Waals surface area contributed by atoms with Gasteiger partial charge in [-0.3, -0.25) is 4.79 Å². The molecule has 0 radical (unpaired) electrons. The molecule has 0 N–H and O–H groups in total. The Morgan fingerprint density at radius 1 is 1.22 bits per heavy atom. The Hall–Kier alpha value is -1.55. The molecule has 2 saturated heterocycles. The summed E-state index contributed by atoms with van der Waals surface area (Å²) in [6.45, 7) is 3.47. The summed E-state index contributed by atoms with van der Waals surface area (Å²) in [5, 5.41) is 0. The van der Waals surface area contributed by atoms with Gasteiger partial charge in [0.2, 0.25) is 0 Å². The zero-order valence-electron chi connectivity index (χ0n) is 13.7. The Morgan fingerprint density at radius 2 is 2.09 bits per heavy atom. The maximum atomic E-state index is 12.4. The molecule has 124 valence electrons. The van der Waals surface area contributed by atoms with E-state index in [1.165, 1.54) is 30.4 Å². The van der Waals surface area contributed by atoms with Gasteiger partial charge in [-0.15, -0.1) is 0 Å². The molecule has 4 nitrogen and oxygen atoms in total. The van der Waals surface area contributed by atoms with E-state index in [-0.39, 0.29) is 17.9 Å².